The molecule has 0 aromatic rings. The third kappa shape index (κ3) is 5.73. The van der Waals surface area contributed by atoms with Gasteiger partial charge in [-0.05, 0) is 19.8 Å². The molecule has 12 heavy (non-hydrogen) atoms. The molecule has 0 saturated heterocycles. The third-order valence-corrected chi connectivity index (χ3v) is 3.02. The maximum atomic E-state index is 11.0. The molecule has 0 aliphatic rings. The van der Waals surface area contributed by atoms with Gasteiger partial charge in [-0.1, -0.05) is 13.8 Å². The molecule has 4 heteroatoms. The molecule has 3 nitrogen and oxygen atoms in total. The maximum absolute atomic E-state index is 11.0. The van der Waals surface area contributed by atoms with Gasteiger partial charge in [0.15, 0.2) is 0 Å². The van der Waals surface area contributed by atoms with Gasteiger partial charge in [-0.15, -0.1) is 0 Å². The lowest BCUT2D eigenvalue weighted by Crippen LogP contribution is -2.32. The highest BCUT2D eigenvalue weighted by Crippen LogP contribution is 1.94. The fourth-order valence-electron chi connectivity index (χ4n) is 0.733. The van der Waals surface area contributed by atoms with E-state index in [0.29, 0.717) is 13.2 Å². The lowest BCUT2D eigenvalue weighted by molar-refractivity contribution is -0.113. The monoisotopic (exact) mass is 188 g/mol. The minimum Gasteiger partial charge on any atom is -0.473 e. The highest BCUT2D eigenvalue weighted by Gasteiger charge is 2.31. The van der Waals surface area contributed by atoms with Crippen LogP contribution in [0.5, 0.6) is 0 Å². The Labute approximate surface area is 79.1 Å². The molecular formula is C8H17AlO3. The second-order valence-corrected chi connectivity index (χ2v) is 4.83. The van der Waals surface area contributed by atoms with Crippen molar-refractivity contribution in [2.45, 2.75) is 33.6 Å². The smallest absolute Gasteiger partial charge is 0.473 e. The number of hydrogen-bond acceptors (Lipinski definition) is 3. The van der Waals surface area contributed by atoms with Crippen LogP contribution in [0.2, 0.25) is 0 Å². The summed E-state index contributed by atoms with van der Waals surface area (Å²) in [5.74, 6) is 0. The van der Waals surface area contributed by atoms with Gasteiger partial charge in [0.2, 0.25) is 0 Å². The largest absolute Gasteiger partial charge is 0.757 e. The summed E-state index contributed by atoms with van der Waals surface area (Å²) in [6, 6.07) is 0. The first-order valence-electron chi connectivity index (χ1n) is 4.46. The van der Waals surface area contributed by atoms with Crippen molar-refractivity contribution in [3.63, 3.8) is 0 Å². The normalized spacial score (nSPS) is 9.92. The van der Waals surface area contributed by atoms with Crippen LogP contribution in [0.25, 0.3) is 0 Å². The van der Waals surface area contributed by atoms with Crippen molar-refractivity contribution < 1.29 is 12.4 Å². The van der Waals surface area contributed by atoms with Gasteiger partial charge in [0.05, 0.1) is 0 Å². The van der Waals surface area contributed by atoms with E-state index in [1.165, 1.54) is 0 Å². The predicted octanol–water partition coefficient (Wildman–Crippen LogP) is 1.46. The van der Waals surface area contributed by atoms with E-state index in [9.17, 15) is 4.79 Å². The van der Waals surface area contributed by atoms with Crippen molar-refractivity contribution in [2.24, 2.45) is 0 Å². The fourth-order valence-corrected chi connectivity index (χ4v) is 2.20. The zero-order valence-corrected chi connectivity index (χ0v) is 9.29. The van der Waals surface area contributed by atoms with Crippen molar-refractivity contribution in [1.82, 2.24) is 0 Å². The molecule has 0 aliphatic heterocycles. The van der Waals surface area contributed by atoms with E-state index in [1.807, 2.05) is 13.8 Å². The van der Waals surface area contributed by atoms with Gasteiger partial charge in [-0.25, -0.2) is 0 Å². The lowest BCUT2D eigenvalue weighted by Gasteiger charge is -2.09. The van der Waals surface area contributed by atoms with E-state index in [4.69, 9.17) is 7.58 Å². The van der Waals surface area contributed by atoms with Gasteiger partial charge in [-0.2, -0.15) is 0 Å². The van der Waals surface area contributed by atoms with Crippen LogP contribution in [0.1, 0.15) is 33.6 Å². The molecule has 0 radical (unpaired) electrons. The molecule has 0 atom stereocenters. The van der Waals surface area contributed by atoms with Crippen LogP contribution in [0, 0.1) is 0 Å². The van der Waals surface area contributed by atoms with Crippen molar-refractivity contribution in [3.05, 3.63) is 0 Å². The van der Waals surface area contributed by atoms with E-state index < -0.39 is 14.8 Å². The number of carbonyl (C=O) groups is 1. The molecule has 0 unspecified atom stereocenters. The summed E-state index contributed by atoms with van der Waals surface area (Å²) in [6.45, 7) is 6.86. The van der Waals surface area contributed by atoms with E-state index >= 15 is 0 Å². The van der Waals surface area contributed by atoms with Crippen molar-refractivity contribution in [1.29, 1.82) is 0 Å². The molecule has 0 bridgehead atoms. The van der Waals surface area contributed by atoms with Gasteiger partial charge in [0.1, 0.15) is 4.65 Å². The molecule has 0 aromatic heterocycles. The lowest BCUT2D eigenvalue weighted by atomic mass is 10.5. The Hall–Kier alpha value is 0.122. The summed E-state index contributed by atoms with van der Waals surface area (Å²) in [6.07, 6.45) is 1.87. The SMILES string of the molecule is CCC[O][Al]([O]CCC)[C](C)=O. The van der Waals surface area contributed by atoms with E-state index in [0.717, 1.165) is 12.8 Å². The Bertz CT molecular complexity index is 119. The van der Waals surface area contributed by atoms with Crippen LogP contribution >= 0.6 is 0 Å². The Morgan fingerprint density at radius 3 is 1.83 bits per heavy atom. The van der Waals surface area contributed by atoms with Crippen molar-refractivity contribution in [2.75, 3.05) is 13.2 Å². The summed E-state index contributed by atoms with van der Waals surface area (Å²) < 4.78 is 10.7. The van der Waals surface area contributed by atoms with E-state index in [1.54, 1.807) is 6.92 Å². The molecule has 0 amide bonds. The standard InChI is InChI=1S/2C3H7O.C2H3O.Al/c2*1-2-3-4;1-2-3;/h2*2-3H2,1H3;1H3;/q2*-1;;+2. The molecule has 0 aromatic carbocycles. The predicted molar refractivity (Wildman–Crippen MR) is 48.9 cm³/mol. The van der Waals surface area contributed by atoms with Crippen LogP contribution in [-0.2, 0) is 12.4 Å². The Kier molecular flexibility index (Phi) is 7.83. The summed E-state index contributed by atoms with van der Waals surface area (Å²) in [4.78, 5) is 11.0. The molecule has 0 aliphatic carbocycles. The molecule has 0 rings (SSSR count). The Balaban J connectivity index is 3.62. The molecular weight excluding hydrogens is 171 g/mol. The quantitative estimate of drug-likeness (QED) is 0.567. The summed E-state index contributed by atoms with van der Waals surface area (Å²) in [7, 11) is 0. The first-order chi connectivity index (χ1) is 5.72. The second kappa shape index (κ2) is 7.76. The van der Waals surface area contributed by atoms with Crippen LogP contribution in [0.3, 0.4) is 0 Å². The zero-order valence-electron chi connectivity index (χ0n) is 8.13. The fraction of sp³-hybridized carbons (Fsp3) is 0.875. The highest BCUT2D eigenvalue weighted by molar-refractivity contribution is 6.80. The van der Waals surface area contributed by atoms with Crippen LogP contribution < -0.4 is 0 Å². The van der Waals surface area contributed by atoms with Gasteiger partial charge in [-0.3, -0.25) is 0 Å². The molecule has 0 spiro atoms. The van der Waals surface area contributed by atoms with Crippen molar-refractivity contribution in [3.8, 4) is 0 Å². The number of hydrogen-bond donors (Lipinski definition) is 0. The summed E-state index contributed by atoms with van der Waals surface area (Å²) in [5.41, 5.74) is 0. The molecule has 70 valence electrons. The van der Waals surface area contributed by atoms with Crippen LogP contribution in [0.15, 0.2) is 0 Å². The average molecular weight is 188 g/mol. The number of rotatable bonds is 7. The maximum Gasteiger partial charge on any atom is 0.757 e. The van der Waals surface area contributed by atoms with E-state index in [-0.39, 0.29) is 4.65 Å². The van der Waals surface area contributed by atoms with Gasteiger partial charge < -0.3 is 12.4 Å². The highest BCUT2D eigenvalue weighted by atomic mass is 27.2. The first-order valence-corrected chi connectivity index (χ1v) is 5.98. The minimum absolute atomic E-state index is 0.0805. The third-order valence-electron chi connectivity index (χ3n) is 1.28. The average Bonchev–Trinajstić information content (AvgIpc) is 2.04. The second-order valence-electron chi connectivity index (χ2n) is 2.68. The first kappa shape index (κ1) is 12.1. The zero-order chi connectivity index (χ0) is 9.40. The topological polar surface area (TPSA) is 35.5 Å². The summed E-state index contributed by atoms with van der Waals surface area (Å²) in [5, 5.41) is 0. The van der Waals surface area contributed by atoms with Gasteiger partial charge in [0, 0.05) is 13.2 Å². The number of carbonyl (C=O) groups excluding carboxylic acids is 1. The van der Waals surface area contributed by atoms with Crippen LogP contribution in [0.4, 0.5) is 0 Å². The minimum atomic E-state index is -1.98. The Morgan fingerprint density at radius 2 is 1.58 bits per heavy atom. The molecule has 0 fully saturated rings. The molecule has 0 heterocycles. The van der Waals surface area contributed by atoms with Crippen LogP contribution in [-0.4, -0.2) is 32.7 Å². The summed E-state index contributed by atoms with van der Waals surface area (Å²) >= 11 is -1.98. The Morgan fingerprint density at radius 1 is 1.17 bits per heavy atom. The van der Waals surface area contributed by atoms with Gasteiger partial charge >= 0.3 is 14.8 Å². The van der Waals surface area contributed by atoms with Gasteiger partial charge in [0.25, 0.3) is 0 Å². The molecule has 0 saturated carbocycles. The van der Waals surface area contributed by atoms with E-state index in [2.05, 4.69) is 0 Å². The van der Waals surface area contributed by atoms with Crippen molar-refractivity contribution >= 4 is 19.5 Å². The molecule has 0 N–H and O–H groups in total.